The highest BCUT2D eigenvalue weighted by Crippen LogP contribution is 2.37. The van der Waals surface area contributed by atoms with Crippen LogP contribution in [0.5, 0.6) is 0 Å². The highest BCUT2D eigenvalue weighted by molar-refractivity contribution is 5.81. The minimum absolute atomic E-state index is 0.0281. The highest BCUT2D eigenvalue weighted by Gasteiger charge is 2.40. The summed E-state index contributed by atoms with van der Waals surface area (Å²) in [6, 6.07) is -0.00157. The molecule has 3 N–H and O–H groups in total. The molecule has 1 aliphatic heterocycles. The summed E-state index contributed by atoms with van der Waals surface area (Å²) in [7, 11) is 0. The van der Waals surface area contributed by atoms with Crippen LogP contribution >= 0.6 is 0 Å². The van der Waals surface area contributed by atoms with E-state index in [2.05, 4.69) is 12.2 Å². The van der Waals surface area contributed by atoms with Crippen molar-refractivity contribution in [2.24, 2.45) is 17.6 Å². The van der Waals surface area contributed by atoms with E-state index in [0.717, 1.165) is 6.42 Å². The molecule has 2 aliphatic rings. The van der Waals surface area contributed by atoms with Crippen LogP contribution in [0, 0.1) is 11.8 Å². The van der Waals surface area contributed by atoms with Crippen LogP contribution in [0.2, 0.25) is 0 Å². The van der Waals surface area contributed by atoms with Gasteiger partial charge in [0.1, 0.15) is 0 Å². The Morgan fingerprint density at radius 1 is 1.54 bits per heavy atom. The third kappa shape index (κ3) is 1.84. The normalized spacial score (nSPS) is 43.2. The molecule has 74 valence electrons. The van der Waals surface area contributed by atoms with Crippen molar-refractivity contribution < 1.29 is 9.53 Å². The fourth-order valence-electron chi connectivity index (χ4n) is 1.70. The summed E-state index contributed by atoms with van der Waals surface area (Å²) in [6.07, 6.45) is 1.02. The molecule has 0 aromatic carbocycles. The Labute approximate surface area is 77.8 Å². The summed E-state index contributed by atoms with van der Waals surface area (Å²) in [5.41, 5.74) is 5.74. The molecule has 0 spiro atoms. The summed E-state index contributed by atoms with van der Waals surface area (Å²) in [4.78, 5) is 11.5. The molecule has 1 heterocycles. The predicted molar refractivity (Wildman–Crippen MR) is 48.0 cm³/mol. The quantitative estimate of drug-likeness (QED) is 0.607. The summed E-state index contributed by atoms with van der Waals surface area (Å²) in [5, 5.41) is 2.93. The Kier molecular flexibility index (Phi) is 2.26. The lowest BCUT2D eigenvalue weighted by molar-refractivity contribution is -0.123. The first-order valence-electron chi connectivity index (χ1n) is 4.82. The maximum absolute atomic E-state index is 11.5. The second kappa shape index (κ2) is 3.27. The Balaban J connectivity index is 1.80. The maximum Gasteiger partial charge on any atom is 0.223 e. The van der Waals surface area contributed by atoms with Crippen molar-refractivity contribution in [1.82, 2.24) is 5.32 Å². The molecule has 4 atom stereocenters. The van der Waals surface area contributed by atoms with Gasteiger partial charge in [-0.1, -0.05) is 6.92 Å². The molecule has 0 bridgehead atoms. The van der Waals surface area contributed by atoms with Crippen LogP contribution in [0.3, 0.4) is 0 Å². The Morgan fingerprint density at radius 2 is 2.23 bits per heavy atom. The van der Waals surface area contributed by atoms with E-state index in [0.29, 0.717) is 19.1 Å². The monoisotopic (exact) mass is 184 g/mol. The number of carbonyl (C=O) groups is 1. The van der Waals surface area contributed by atoms with Gasteiger partial charge in [-0.15, -0.1) is 0 Å². The largest absolute Gasteiger partial charge is 0.378 e. The average molecular weight is 184 g/mol. The van der Waals surface area contributed by atoms with Crippen LogP contribution in [0.15, 0.2) is 0 Å². The smallest absolute Gasteiger partial charge is 0.223 e. The van der Waals surface area contributed by atoms with E-state index >= 15 is 0 Å². The van der Waals surface area contributed by atoms with Crippen LogP contribution < -0.4 is 11.1 Å². The van der Waals surface area contributed by atoms with Gasteiger partial charge in [-0.25, -0.2) is 0 Å². The van der Waals surface area contributed by atoms with E-state index in [1.54, 1.807) is 0 Å². The molecular formula is C9H16N2O2. The first-order valence-corrected chi connectivity index (χ1v) is 4.82. The topological polar surface area (TPSA) is 64.3 Å². The summed E-state index contributed by atoms with van der Waals surface area (Å²) < 4.78 is 5.16. The zero-order chi connectivity index (χ0) is 9.42. The van der Waals surface area contributed by atoms with Crippen molar-refractivity contribution in [3.8, 4) is 0 Å². The van der Waals surface area contributed by atoms with Gasteiger partial charge in [-0.3, -0.25) is 4.79 Å². The number of nitrogens with two attached hydrogens (primary N) is 1. The third-order valence-corrected chi connectivity index (χ3v) is 2.90. The van der Waals surface area contributed by atoms with Gasteiger partial charge in [0.05, 0.1) is 25.3 Å². The van der Waals surface area contributed by atoms with E-state index in [1.807, 2.05) is 0 Å². The molecule has 1 saturated heterocycles. The van der Waals surface area contributed by atoms with Crippen LogP contribution in [-0.2, 0) is 9.53 Å². The number of carbonyl (C=O) groups excluding carboxylic acids is 1. The first-order chi connectivity index (χ1) is 6.18. The molecule has 1 saturated carbocycles. The summed E-state index contributed by atoms with van der Waals surface area (Å²) in [5.74, 6) is 0.935. The first kappa shape index (κ1) is 8.97. The van der Waals surface area contributed by atoms with Gasteiger partial charge in [0, 0.05) is 5.92 Å². The van der Waals surface area contributed by atoms with Crippen molar-refractivity contribution in [2.75, 3.05) is 13.2 Å². The molecule has 4 heteroatoms. The maximum atomic E-state index is 11.5. The minimum Gasteiger partial charge on any atom is -0.378 e. The van der Waals surface area contributed by atoms with E-state index in [4.69, 9.17) is 10.5 Å². The molecule has 2 rings (SSSR count). The minimum atomic E-state index is -0.0296. The zero-order valence-electron chi connectivity index (χ0n) is 7.82. The Hall–Kier alpha value is -0.610. The number of rotatable bonds is 2. The molecule has 1 amide bonds. The summed E-state index contributed by atoms with van der Waals surface area (Å²) in [6.45, 7) is 3.22. The number of nitrogens with one attached hydrogen (secondary N) is 1. The second-order valence-electron chi connectivity index (χ2n) is 4.14. The van der Waals surface area contributed by atoms with Crippen LogP contribution in [0.1, 0.15) is 13.3 Å². The van der Waals surface area contributed by atoms with Gasteiger partial charge in [0.15, 0.2) is 0 Å². The van der Waals surface area contributed by atoms with Gasteiger partial charge in [0.25, 0.3) is 0 Å². The van der Waals surface area contributed by atoms with E-state index < -0.39 is 0 Å². The lowest BCUT2D eigenvalue weighted by Gasteiger charge is -2.14. The molecule has 2 fully saturated rings. The molecule has 4 nitrogen and oxygen atoms in total. The van der Waals surface area contributed by atoms with Crippen LogP contribution in [0.4, 0.5) is 0 Å². The number of ether oxygens (including phenoxy) is 1. The van der Waals surface area contributed by atoms with Crippen molar-refractivity contribution in [1.29, 1.82) is 0 Å². The Bertz CT molecular complexity index is 220. The molecule has 0 radical (unpaired) electrons. The lowest BCUT2D eigenvalue weighted by atomic mass is 10.2. The van der Waals surface area contributed by atoms with Gasteiger partial charge in [-0.2, -0.15) is 0 Å². The zero-order valence-corrected chi connectivity index (χ0v) is 7.82. The third-order valence-electron chi connectivity index (χ3n) is 2.90. The lowest BCUT2D eigenvalue weighted by Crippen LogP contribution is -2.47. The average Bonchev–Trinajstić information content (AvgIpc) is 2.68. The molecule has 4 unspecified atom stereocenters. The second-order valence-corrected chi connectivity index (χ2v) is 4.14. The van der Waals surface area contributed by atoms with E-state index in [1.165, 1.54) is 0 Å². The van der Waals surface area contributed by atoms with Crippen molar-refractivity contribution in [3.05, 3.63) is 0 Å². The molecule has 0 aromatic heterocycles. The molecule has 13 heavy (non-hydrogen) atoms. The highest BCUT2D eigenvalue weighted by atomic mass is 16.5. The SMILES string of the molecule is CC1CC1C(=O)NC1COCC1N. The van der Waals surface area contributed by atoms with Gasteiger partial charge in [-0.05, 0) is 12.3 Å². The van der Waals surface area contributed by atoms with Gasteiger partial charge >= 0.3 is 0 Å². The van der Waals surface area contributed by atoms with E-state index in [-0.39, 0.29) is 23.9 Å². The van der Waals surface area contributed by atoms with Gasteiger partial charge in [0.2, 0.25) is 5.91 Å². The van der Waals surface area contributed by atoms with Crippen LogP contribution in [0.25, 0.3) is 0 Å². The fourth-order valence-corrected chi connectivity index (χ4v) is 1.70. The van der Waals surface area contributed by atoms with Crippen LogP contribution in [-0.4, -0.2) is 31.2 Å². The number of amides is 1. The fraction of sp³-hybridized carbons (Fsp3) is 0.889. The predicted octanol–water partition coefficient (Wildman–Crippen LogP) is -0.515. The van der Waals surface area contributed by atoms with E-state index in [9.17, 15) is 4.79 Å². The van der Waals surface area contributed by atoms with Gasteiger partial charge < -0.3 is 15.8 Å². The Morgan fingerprint density at radius 3 is 2.69 bits per heavy atom. The summed E-state index contributed by atoms with van der Waals surface area (Å²) >= 11 is 0. The van der Waals surface area contributed by atoms with Crippen molar-refractivity contribution in [3.63, 3.8) is 0 Å². The molecule has 0 aromatic rings. The van der Waals surface area contributed by atoms with Crippen molar-refractivity contribution in [2.45, 2.75) is 25.4 Å². The molecular weight excluding hydrogens is 168 g/mol. The standard InChI is InChI=1S/C9H16N2O2/c1-5-2-6(5)9(12)11-8-4-13-3-7(8)10/h5-8H,2-4,10H2,1H3,(H,11,12). The molecule has 1 aliphatic carbocycles. The number of hydrogen-bond donors (Lipinski definition) is 2. The van der Waals surface area contributed by atoms with Crippen molar-refractivity contribution >= 4 is 5.91 Å². The number of hydrogen-bond acceptors (Lipinski definition) is 3.